The van der Waals surface area contributed by atoms with Crippen molar-refractivity contribution in [3.05, 3.63) is 36.5 Å². The monoisotopic (exact) mass is 848 g/mol. The summed E-state index contributed by atoms with van der Waals surface area (Å²) in [7, 11) is -5.15. The molecule has 0 bridgehead atoms. The maximum atomic E-state index is 13.0. The first kappa shape index (κ1) is 54.5. The molecule has 0 heterocycles. The van der Waals surface area contributed by atoms with E-state index >= 15 is 0 Å². The van der Waals surface area contributed by atoms with Crippen molar-refractivity contribution in [1.82, 2.24) is 5.32 Å². The molecule has 13 nitrogen and oxygen atoms in total. The van der Waals surface area contributed by atoms with E-state index in [1.807, 2.05) is 0 Å². The summed E-state index contributed by atoms with van der Waals surface area (Å²) < 4.78 is 22.8. The zero-order valence-electron chi connectivity index (χ0n) is 35.7. The second-order valence-electron chi connectivity index (χ2n) is 16.1. The van der Waals surface area contributed by atoms with Crippen molar-refractivity contribution in [3.8, 4) is 0 Å². The molecule has 0 aromatic carbocycles. The average molecular weight is 848 g/mol. The largest absolute Gasteiger partial charge is 0.472 e. The van der Waals surface area contributed by atoms with E-state index in [1.54, 1.807) is 6.08 Å². The van der Waals surface area contributed by atoms with Gasteiger partial charge in [-0.25, -0.2) is 4.57 Å². The van der Waals surface area contributed by atoms with Crippen LogP contribution in [-0.4, -0.2) is 108 Å². The summed E-state index contributed by atoms with van der Waals surface area (Å²) in [5, 5.41) is 74.3. The summed E-state index contributed by atoms with van der Waals surface area (Å²) in [6.07, 6.45) is 23.8. The molecule has 1 amide bonds. The van der Waals surface area contributed by atoms with E-state index < -0.39 is 75.2 Å². The minimum absolute atomic E-state index is 0.258. The molecular formula is C44H82NO12P. The summed E-state index contributed by atoms with van der Waals surface area (Å²) >= 11 is 0. The quantitative estimate of drug-likeness (QED) is 0.0177. The van der Waals surface area contributed by atoms with Crippen molar-refractivity contribution in [2.24, 2.45) is 0 Å². The molecule has 14 heteroatoms. The first-order valence-electron chi connectivity index (χ1n) is 22.5. The van der Waals surface area contributed by atoms with Gasteiger partial charge in [0.1, 0.15) is 36.6 Å². The number of phosphoric ester groups is 1. The third-order valence-electron chi connectivity index (χ3n) is 10.7. The molecule has 0 aromatic rings. The standard InChI is InChI=1S/C44H82NO12P/c1-3-5-7-9-11-13-15-17-18-20-22-24-26-28-30-32-37(47)36(34-56-58(54,55)57-44-42(52)40(50)39(49)41(51)43(44)53)45-38(48)33-35(46)31-29-27-25-23-21-19-16-14-12-10-8-6-4-2/h14,16,22,24,30,32,35-37,39-44,46-47,49-53H,3-13,15,17-21,23,25-29,31,33-34H2,1-2H3,(H,45,48)(H,54,55)/b16-14-,24-22+,32-30+. The fraction of sp³-hybridized carbons (Fsp3) is 0.841. The molecule has 58 heavy (non-hydrogen) atoms. The minimum Gasteiger partial charge on any atom is -0.393 e. The highest BCUT2D eigenvalue weighted by Gasteiger charge is 2.51. The lowest BCUT2D eigenvalue weighted by atomic mass is 9.85. The van der Waals surface area contributed by atoms with Gasteiger partial charge in [-0.05, 0) is 57.8 Å². The van der Waals surface area contributed by atoms with E-state index in [2.05, 4.69) is 43.5 Å². The van der Waals surface area contributed by atoms with Gasteiger partial charge in [-0.3, -0.25) is 13.8 Å². The van der Waals surface area contributed by atoms with Crippen molar-refractivity contribution in [2.75, 3.05) is 6.61 Å². The number of phosphoric acid groups is 1. The molecule has 1 aliphatic carbocycles. The molecule has 0 spiro atoms. The molecule has 1 aliphatic rings. The summed E-state index contributed by atoms with van der Waals surface area (Å²) in [5.41, 5.74) is 0. The van der Waals surface area contributed by atoms with Gasteiger partial charge in [0.25, 0.3) is 0 Å². The predicted molar refractivity (Wildman–Crippen MR) is 229 cm³/mol. The van der Waals surface area contributed by atoms with Gasteiger partial charge < -0.3 is 46.0 Å². The molecule has 1 rings (SSSR count). The Labute approximate surface area is 349 Å². The Hall–Kier alpha value is -1.48. The first-order chi connectivity index (χ1) is 27.8. The van der Waals surface area contributed by atoms with Crippen LogP contribution in [0.5, 0.6) is 0 Å². The number of aliphatic hydroxyl groups is 7. The van der Waals surface area contributed by atoms with Crippen LogP contribution in [-0.2, 0) is 18.4 Å². The summed E-state index contributed by atoms with van der Waals surface area (Å²) in [5.74, 6) is -0.610. The van der Waals surface area contributed by atoms with Crippen molar-refractivity contribution >= 4 is 13.7 Å². The highest BCUT2D eigenvalue weighted by atomic mass is 31.2. The topological polar surface area (TPSA) is 226 Å². The number of amides is 1. The minimum atomic E-state index is -5.15. The van der Waals surface area contributed by atoms with Crippen LogP contribution in [0.1, 0.15) is 174 Å². The smallest absolute Gasteiger partial charge is 0.393 e. The summed E-state index contributed by atoms with van der Waals surface area (Å²) in [6.45, 7) is 3.69. The van der Waals surface area contributed by atoms with Crippen molar-refractivity contribution in [2.45, 2.75) is 229 Å². The van der Waals surface area contributed by atoms with Crippen LogP contribution in [0.2, 0.25) is 0 Å². The average Bonchev–Trinajstić information content (AvgIpc) is 3.19. The number of nitrogens with one attached hydrogen (secondary N) is 1. The van der Waals surface area contributed by atoms with Gasteiger partial charge in [-0.15, -0.1) is 0 Å². The van der Waals surface area contributed by atoms with Crippen molar-refractivity contribution in [1.29, 1.82) is 0 Å². The number of carbonyl (C=O) groups is 1. The van der Waals surface area contributed by atoms with Gasteiger partial charge in [0.05, 0.1) is 31.3 Å². The Kier molecular flexibility index (Phi) is 32.1. The number of allylic oxidation sites excluding steroid dienone is 5. The highest BCUT2D eigenvalue weighted by Crippen LogP contribution is 2.47. The molecule has 1 saturated carbocycles. The van der Waals surface area contributed by atoms with Gasteiger partial charge in [0.15, 0.2) is 0 Å². The summed E-state index contributed by atoms with van der Waals surface area (Å²) in [6, 6.07) is -1.26. The lowest BCUT2D eigenvalue weighted by molar-refractivity contribution is -0.220. The zero-order valence-corrected chi connectivity index (χ0v) is 36.6. The maximum absolute atomic E-state index is 13.0. The molecule has 0 aromatic heterocycles. The highest BCUT2D eigenvalue weighted by molar-refractivity contribution is 7.47. The third kappa shape index (κ3) is 26.0. The number of hydrogen-bond acceptors (Lipinski definition) is 11. The van der Waals surface area contributed by atoms with E-state index in [0.717, 1.165) is 64.2 Å². The van der Waals surface area contributed by atoms with Crippen molar-refractivity contribution in [3.63, 3.8) is 0 Å². The van der Waals surface area contributed by atoms with E-state index in [9.17, 15) is 50.0 Å². The fourth-order valence-electron chi connectivity index (χ4n) is 6.96. The molecule has 1 fully saturated rings. The van der Waals surface area contributed by atoms with Gasteiger partial charge in [-0.1, -0.05) is 147 Å². The number of rotatable bonds is 36. The van der Waals surface area contributed by atoms with Crippen LogP contribution in [0.4, 0.5) is 0 Å². The first-order valence-corrected chi connectivity index (χ1v) is 24.0. The second-order valence-corrected chi connectivity index (χ2v) is 17.5. The van der Waals surface area contributed by atoms with Crippen LogP contribution >= 0.6 is 7.82 Å². The second kappa shape index (κ2) is 34.1. The Morgan fingerprint density at radius 2 is 1.02 bits per heavy atom. The summed E-state index contributed by atoms with van der Waals surface area (Å²) in [4.78, 5) is 23.4. The van der Waals surface area contributed by atoms with Crippen molar-refractivity contribution < 1.29 is 59.0 Å². The van der Waals surface area contributed by atoms with E-state index in [-0.39, 0.29) is 6.42 Å². The lowest BCUT2D eigenvalue weighted by Gasteiger charge is -2.41. The number of unbranched alkanes of at least 4 members (excludes halogenated alkanes) is 19. The van der Waals surface area contributed by atoms with E-state index in [0.29, 0.717) is 12.8 Å². The molecule has 8 unspecified atom stereocenters. The molecule has 0 saturated heterocycles. The Bertz CT molecular complexity index is 1140. The molecule has 0 radical (unpaired) electrons. The Morgan fingerprint density at radius 3 is 1.53 bits per heavy atom. The van der Waals surface area contributed by atoms with Crippen LogP contribution in [0, 0.1) is 0 Å². The van der Waals surface area contributed by atoms with Crippen LogP contribution in [0.15, 0.2) is 36.5 Å². The molecular weight excluding hydrogens is 765 g/mol. The van der Waals surface area contributed by atoms with Gasteiger partial charge in [0.2, 0.25) is 5.91 Å². The molecule has 340 valence electrons. The number of aliphatic hydroxyl groups excluding tert-OH is 7. The fourth-order valence-corrected chi connectivity index (χ4v) is 7.92. The molecule has 9 N–H and O–H groups in total. The third-order valence-corrected chi connectivity index (χ3v) is 11.7. The molecule has 0 aliphatic heterocycles. The Morgan fingerprint density at radius 1 is 0.603 bits per heavy atom. The van der Waals surface area contributed by atoms with Gasteiger partial charge >= 0.3 is 7.82 Å². The van der Waals surface area contributed by atoms with Gasteiger partial charge in [0, 0.05) is 0 Å². The number of hydrogen-bond donors (Lipinski definition) is 9. The van der Waals surface area contributed by atoms with Crippen LogP contribution < -0.4 is 5.32 Å². The van der Waals surface area contributed by atoms with Gasteiger partial charge in [-0.2, -0.15) is 0 Å². The van der Waals surface area contributed by atoms with E-state index in [1.165, 1.54) is 83.1 Å². The van der Waals surface area contributed by atoms with E-state index in [4.69, 9.17) is 9.05 Å². The SMILES string of the molecule is CCCCCC/C=C\CCCCCCCC(O)CC(=O)NC(COP(=O)(O)OC1C(O)C(O)C(O)C(O)C1O)C(O)/C=C/CC/C=C/CCCCCCCCCCC. The van der Waals surface area contributed by atoms with Crippen LogP contribution in [0.25, 0.3) is 0 Å². The van der Waals surface area contributed by atoms with Crippen LogP contribution in [0.3, 0.4) is 0 Å². The Balaban J connectivity index is 2.62. The molecule has 8 atom stereocenters. The maximum Gasteiger partial charge on any atom is 0.472 e. The zero-order chi connectivity index (χ0) is 43.0. The lowest BCUT2D eigenvalue weighted by Crippen LogP contribution is -2.64. The number of carbonyl (C=O) groups excluding carboxylic acids is 1. The normalized spacial score (nSPS) is 24.1. The predicted octanol–water partition coefficient (Wildman–Crippen LogP) is 6.97.